The van der Waals surface area contributed by atoms with Gasteiger partial charge in [-0.3, -0.25) is 9.59 Å². The summed E-state index contributed by atoms with van der Waals surface area (Å²) in [6.45, 7) is 9.87. The molecular weight excluding hydrogens is 370 g/mol. The molecule has 0 saturated heterocycles. The van der Waals surface area contributed by atoms with Crippen molar-refractivity contribution in [2.24, 2.45) is 0 Å². The molecule has 0 aliphatic rings. The highest BCUT2D eigenvalue weighted by Gasteiger charge is 2.19. The van der Waals surface area contributed by atoms with Gasteiger partial charge in [0.25, 0.3) is 5.91 Å². The first-order chi connectivity index (χ1) is 13.6. The minimum absolute atomic E-state index is 0.0564. The number of benzene rings is 1. The molecule has 162 valence electrons. The molecule has 0 aliphatic heterocycles. The standard InChI is InChI=1S/C22H35N3O4/c1-6-7-8-19(15-24-21(28)29-22(3,4)5)25-20(27)18-11-9-17(10-12-18)13-14-23-16(2)26/h9-12,19H,6-8,13-15H2,1-5H3,(H,23,26)(H,24,28)(H,25,27)/t19-/m0/s1. The van der Waals surface area contributed by atoms with Crippen LogP contribution in [-0.2, 0) is 16.0 Å². The number of hydrogen-bond acceptors (Lipinski definition) is 4. The van der Waals surface area contributed by atoms with Crippen molar-refractivity contribution in [2.75, 3.05) is 13.1 Å². The van der Waals surface area contributed by atoms with Crippen LogP contribution in [0.1, 0.15) is 69.8 Å². The van der Waals surface area contributed by atoms with E-state index in [1.807, 2.05) is 32.9 Å². The van der Waals surface area contributed by atoms with Crippen LogP contribution in [0.25, 0.3) is 0 Å². The van der Waals surface area contributed by atoms with Crippen LogP contribution in [0, 0.1) is 0 Å². The van der Waals surface area contributed by atoms with Crippen LogP contribution >= 0.6 is 0 Å². The molecule has 3 amide bonds. The van der Waals surface area contributed by atoms with Gasteiger partial charge in [0.1, 0.15) is 5.60 Å². The largest absolute Gasteiger partial charge is 0.444 e. The number of carbonyl (C=O) groups excluding carboxylic acids is 3. The smallest absolute Gasteiger partial charge is 0.407 e. The van der Waals surface area contributed by atoms with Crippen LogP contribution in [0.3, 0.4) is 0 Å². The summed E-state index contributed by atoms with van der Waals surface area (Å²) < 4.78 is 5.25. The maximum atomic E-state index is 12.6. The molecule has 0 unspecified atom stereocenters. The molecule has 7 nitrogen and oxygen atoms in total. The van der Waals surface area contributed by atoms with Gasteiger partial charge in [0.2, 0.25) is 5.91 Å². The lowest BCUT2D eigenvalue weighted by atomic mass is 10.1. The Bertz CT molecular complexity index is 666. The summed E-state index contributed by atoms with van der Waals surface area (Å²) in [7, 11) is 0. The summed E-state index contributed by atoms with van der Waals surface area (Å²) in [6, 6.07) is 7.15. The van der Waals surface area contributed by atoms with Crippen molar-refractivity contribution in [3.05, 3.63) is 35.4 Å². The van der Waals surface area contributed by atoms with Crippen molar-refractivity contribution in [3.63, 3.8) is 0 Å². The second-order valence-corrected chi connectivity index (χ2v) is 8.13. The van der Waals surface area contributed by atoms with Crippen molar-refractivity contribution in [3.8, 4) is 0 Å². The molecule has 0 spiro atoms. The zero-order valence-corrected chi connectivity index (χ0v) is 18.3. The third-order valence-electron chi connectivity index (χ3n) is 4.14. The predicted octanol–water partition coefficient (Wildman–Crippen LogP) is 3.18. The van der Waals surface area contributed by atoms with Crippen LogP contribution < -0.4 is 16.0 Å². The third kappa shape index (κ3) is 11.1. The van der Waals surface area contributed by atoms with Crippen LogP contribution in [0.2, 0.25) is 0 Å². The molecule has 7 heteroatoms. The monoisotopic (exact) mass is 405 g/mol. The molecule has 0 radical (unpaired) electrons. The minimum atomic E-state index is -0.562. The molecule has 0 saturated carbocycles. The van der Waals surface area contributed by atoms with Gasteiger partial charge in [0.15, 0.2) is 0 Å². The maximum absolute atomic E-state index is 12.6. The van der Waals surface area contributed by atoms with Gasteiger partial charge in [0, 0.05) is 31.6 Å². The number of nitrogens with one attached hydrogen (secondary N) is 3. The molecule has 0 aliphatic carbocycles. The Labute approximate surface area is 174 Å². The van der Waals surface area contributed by atoms with Crippen LogP contribution in [0.5, 0.6) is 0 Å². The van der Waals surface area contributed by atoms with Crippen molar-refractivity contribution in [1.29, 1.82) is 0 Å². The first-order valence-electron chi connectivity index (χ1n) is 10.2. The SMILES string of the molecule is CCCC[C@@H](CNC(=O)OC(C)(C)C)NC(=O)c1ccc(CCNC(C)=O)cc1. The molecule has 1 aromatic rings. The normalized spacial score (nSPS) is 12.0. The van der Waals surface area contributed by atoms with Crippen LogP contribution in [0.15, 0.2) is 24.3 Å². The number of rotatable bonds is 10. The van der Waals surface area contributed by atoms with E-state index in [-0.39, 0.29) is 17.9 Å². The number of hydrogen-bond donors (Lipinski definition) is 3. The fourth-order valence-electron chi connectivity index (χ4n) is 2.67. The Morgan fingerprint density at radius 3 is 2.28 bits per heavy atom. The van der Waals surface area contributed by atoms with Crippen molar-refractivity contribution in [1.82, 2.24) is 16.0 Å². The lowest BCUT2D eigenvalue weighted by Crippen LogP contribution is -2.44. The summed E-state index contributed by atoms with van der Waals surface area (Å²) in [4.78, 5) is 35.4. The number of alkyl carbamates (subject to hydrolysis) is 1. The van der Waals surface area contributed by atoms with Gasteiger partial charge in [0.05, 0.1) is 0 Å². The summed E-state index contributed by atoms with van der Waals surface area (Å²) in [5, 5.41) is 8.48. The molecule has 1 aromatic carbocycles. The molecule has 0 fully saturated rings. The molecular formula is C22H35N3O4. The van der Waals surface area contributed by atoms with Crippen LogP contribution in [0.4, 0.5) is 4.79 Å². The highest BCUT2D eigenvalue weighted by Crippen LogP contribution is 2.09. The molecule has 29 heavy (non-hydrogen) atoms. The van der Waals surface area contributed by atoms with E-state index in [0.717, 1.165) is 24.8 Å². The van der Waals surface area contributed by atoms with Gasteiger partial charge in [-0.25, -0.2) is 4.79 Å². The zero-order chi connectivity index (χ0) is 21.9. The Kier molecular flexibility index (Phi) is 10.2. The first-order valence-corrected chi connectivity index (χ1v) is 10.2. The van der Waals surface area contributed by atoms with Gasteiger partial charge in [-0.15, -0.1) is 0 Å². The third-order valence-corrected chi connectivity index (χ3v) is 4.14. The molecule has 0 heterocycles. The van der Waals surface area contributed by atoms with E-state index in [1.165, 1.54) is 6.92 Å². The fraction of sp³-hybridized carbons (Fsp3) is 0.591. The fourth-order valence-corrected chi connectivity index (χ4v) is 2.67. The second-order valence-electron chi connectivity index (χ2n) is 8.13. The van der Waals surface area contributed by atoms with Gasteiger partial charge < -0.3 is 20.7 Å². The van der Waals surface area contributed by atoms with Crippen molar-refractivity contribution < 1.29 is 19.1 Å². The topological polar surface area (TPSA) is 96.5 Å². The van der Waals surface area contributed by atoms with E-state index < -0.39 is 11.7 Å². The van der Waals surface area contributed by atoms with Gasteiger partial charge >= 0.3 is 6.09 Å². The first kappa shape index (κ1) is 24.5. The number of amides is 3. The average Bonchev–Trinajstić information content (AvgIpc) is 2.62. The van der Waals surface area contributed by atoms with Gasteiger partial charge in [-0.2, -0.15) is 0 Å². The van der Waals surface area contributed by atoms with Crippen molar-refractivity contribution in [2.45, 2.75) is 71.9 Å². The maximum Gasteiger partial charge on any atom is 0.407 e. The molecule has 0 bridgehead atoms. The molecule has 0 aromatic heterocycles. The molecule has 1 atom stereocenters. The lowest BCUT2D eigenvalue weighted by Gasteiger charge is -2.22. The lowest BCUT2D eigenvalue weighted by molar-refractivity contribution is -0.118. The van der Waals surface area contributed by atoms with Crippen molar-refractivity contribution >= 4 is 17.9 Å². The van der Waals surface area contributed by atoms with E-state index in [2.05, 4.69) is 22.9 Å². The quantitative estimate of drug-likeness (QED) is 0.557. The number of carbonyl (C=O) groups is 3. The van der Waals surface area contributed by atoms with E-state index in [1.54, 1.807) is 12.1 Å². The van der Waals surface area contributed by atoms with E-state index in [4.69, 9.17) is 4.74 Å². The van der Waals surface area contributed by atoms with Gasteiger partial charge in [-0.05, 0) is 51.3 Å². The number of unbranched alkanes of at least 4 members (excludes halogenated alkanes) is 1. The Morgan fingerprint density at radius 1 is 1.07 bits per heavy atom. The summed E-state index contributed by atoms with van der Waals surface area (Å²) in [6.07, 6.45) is 2.94. The summed E-state index contributed by atoms with van der Waals surface area (Å²) in [5.41, 5.74) is 1.05. The second kappa shape index (κ2) is 12.1. The summed E-state index contributed by atoms with van der Waals surface area (Å²) >= 11 is 0. The van der Waals surface area contributed by atoms with E-state index in [0.29, 0.717) is 25.1 Å². The molecule has 3 N–H and O–H groups in total. The zero-order valence-electron chi connectivity index (χ0n) is 18.3. The van der Waals surface area contributed by atoms with E-state index in [9.17, 15) is 14.4 Å². The predicted molar refractivity (Wildman–Crippen MR) is 114 cm³/mol. The average molecular weight is 406 g/mol. The highest BCUT2D eigenvalue weighted by atomic mass is 16.6. The Balaban J connectivity index is 2.60. The number of ether oxygens (including phenoxy) is 1. The van der Waals surface area contributed by atoms with Gasteiger partial charge in [-0.1, -0.05) is 31.9 Å². The summed E-state index contributed by atoms with van der Waals surface area (Å²) in [5.74, 6) is -0.232. The Hall–Kier alpha value is -2.57. The van der Waals surface area contributed by atoms with E-state index >= 15 is 0 Å². The minimum Gasteiger partial charge on any atom is -0.444 e. The Morgan fingerprint density at radius 2 is 1.72 bits per heavy atom. The van der Waals surface area contributed by atoms with Crippen LogP contribution in [-0.4, -0.2) is 42.6 Å². The molecule has 1 rings (SSSR count). The highest BCUT2D eigenvalue weighted by molar-refractivity contribution is 5.94.